The number of benzene rings is 1. The zero-order chi connectivity index (χ0) is 14.5. The molecule has 0 radical (unpaired) electrons. The molecule has 21 heavy (non-hydrogen) atoms. The molecule has 0 aliphatic rings. The van der Waals surface area contributed by atoms with Crippen LogP contribution in [0.25, 0.3) is 5.69 Å². The minimum Gasteiger partial charge on any atom is -0.378 e. The highest BCUT2D eigenvalue weighted by atomic mass is 32.1. The molecule has 3 aromatic rings. The molecule has 2 heterocycles. The molecule has 0 saturated carbocycles. The van der Waals surface area contributed by atoms with Crippen LogP contribution in [0.5, 0.6) is 0 Å². The lowest BCUT2D eigenvalue weighted by Crippen LogP contribution is -2.01. The first-order valence-electron chi connectivity index (χ1n) is 6.36. The summed E-state index contributed by atoms with van der Waals surface area (Å²) < 4.78 is 6.75. The topological polar surface area (TPSA) is 77.8 Å². The average molecular weight is 302 g/mol. The van der Waals surface area contributed by atoms with Crippen LogP contribution in [-0.2, 0) is 17.9 Å². The molecule has 7 nitrogen and oxygen atoms in total. The van der Waals surface area contributed by atoms with Gasteiger partial charge in [0.1, 0.15) is 10.0 Å². The summed E-state index contributed by atoms with van der Waals surface area (Å²) in [5.41, 5.74) is 1.95. The number of methoxy groups -OCH3 is 1. The molecular weight excluding hydrogens is 288 g/mol. The Morgan fingerprint density at radius 3 is 3.00 bits per heavy atom. The van der Waals surface area contributed by atoms with Crippen LogP contribution in [0.15, 0.2) is 36.7 Å². The molecule has 0 aliphatic carbocycles. The van der Waals surface area contributed by atoms with Crippen molar-refractivity contribution in [1.82, 2.24) is 25.2 Å². The van der Waals surface area contributed by atoms with Crippen LogP contribution >= 0.6 is 11.3 Å². The van der Waals surface area contributed by atoms with Crippen molar-refractivity contribution in [1.29, 1.82) is 0 Å². The second-order valence-electron chi connectivity index (χ2n) is 4.27. The highest BCUT2D eigenvalue weighted by Crippen LogP contribution is 2.16. The second kappa shape index (κ2) is 6.42. The second-order valence-corrected chi connectivity index (χ2v) is 5.42. The van der Waals surface area contributed by atoms with Crippen molar-refractivity contribution in [3.63, 3.8) is 0 Å². The van der Waals surface area contributed by atoms with Gasteiger partial charge in [0, 0.05) is 12.8 Å². The summed E-state index contributed by atoms with van der Waals surface area (Å²) in [4.78, 5) is 0. The Bertz CT molecular complexity index is 696. The van der Waals surface area contributed by atoms with Crippen LogP contribution in [0.2, 0.25) is 0 Å². The quantitative estimate of drug-likeness (QED) is 0.749. The van der Waals surface area contributed by atoms with Crippen LogP contribution in [0.3, 0.4) is 0 Å². The van der Waals surface area contributed by atoms with Gasteiger partial charge in [-0.2, -0.15) is 0 Å². The van der Waals surface area contributed by atoms with E-state index in [1.54, 1.807) is 35.5 Å². The third-order valence-electron chi connectivity index (χ3n) is 2.75. The van der Waals surface area contributed by atoms with Crippen molar-refractivity contribution >= 4 is 17.0 Å². The molecule has 0 aliphatic heterocycles. The van der Waals surface area contributed by atoms with Gasteiger partial charge in [-0.15, -0.1) is 15.3 Å². The molecule has 0 atom stereocenters. The van der Waals surface area contributed by atoms with Crippen LogP contribution in [0, 0.1) is 0 Å². The predicted octanol–water partition coefficient (Wildman–Crippen LogP) is 1.88. The Labute approximate surface area is 125 Å². The van der Waals surface area contributed by atoms with E-state index in [2.05, 4.69) is 25.8 Å². The van der Waals surface area contributed by atoms with Gasteiger partial charge < -0.3 is 10.1 Å². The molecule has 1 N–H and O–H groups in total. The fraction of sp³-hybridized carbons (Fsp3) is 0.231. The highest BCUT2D eigenvalue weighted by Gasteiger charge is 2.04. The number of ether oxygens (including phenoxy) is 1. The zero-order valence-corrected chi connectivity index (χ0v) is 12.2. The van der Waals surface area contributed by atoms with Crippen LogP contribution in [0.1, 0.15) is 10.0 Å². The molecule has 0 bridgehead atoms. The summed E-state index contributed by atoms with van der Waals surface area (Å²) in [6.07, 6.45) is 3.46. The van der Waals surface area contributed by atoms with Gasteiger partial charge in [-0.05, 0) is 18.2 Å². The summed E-state index contributed by atoms with van der Waals surface area (Å²) in [7, 11) is 1.65. The van der Waals surface area contributed by atoms with E-state index in [1.807, 2.05) is 24.3 Å². The Morgan fingerprint density at radius 2 is 2.19 bits per heavy atom. The Hall–Kier alpha value is -2.32. The van der Waals surface area contributed by atoms with Gasteiger partial charge >= 0.3 is 0 Å². The fourth-order valence-corrected chi connectivity index (χ4v) is 2.58. The van der Waals surface area contributed by atoms with E-state index >= 15 is 0 Å². The predicted molar refractivity (Wildman–Crippen MR) is 79.3 cm³/mol. The van der Waals surface area contributed by atoms with Crippen molar-refractivity contribution in [3.05, 3.63) is 46.7 Å². The van der Waals surface area contributed by atoms with Gasteiger partial charge in [-0.3, -0.25) is 0 Å². The maximum Gasteiger partial charge on any atom is 0.143 e. The Kier molecular flexibility index (Phi) is 4.17. The normalized spacial score (nSPS) is 10.7. The number of hydrogen-bond acceptors (Lipinski definition) is 7. The minimum absolute atomic E-state index is 0.499. The molecule has 0 unspecified atom stereocenters. The smallest absolute Gasteiger partial charge is 0.143 e. The Morgan fingerprint density at radius 1 is 1.29 bits per heavy atom. The maximum atomic E-state index is 5.03. The molecule has 0 amide bonds. The van der Waals surface area contributed by atoms with Gasteiger partial charge in [0.15, 0.2) is 0 Å². The van der Waals surface area contributed by atoms with Crippen molar-refractivity contribution in [2.75, 3.05) is 12.4 Å². The monoisotopic (exact) mass is 302 g/mol. The number of hydrogen-bond donors (Lipinski definition) is 1. The summed E-state index contributed by atoms with van der Waals surface area (Å²) in [6, 6.07) is 7.95. The first kappa shape index (κ1) is 13.7. The van der Waals surface area contributed by atoms with Crippen molar-refractivity contribution in [2.24, 2.45) is 0 Å². The standard InChI is InChI=1S/C13H14N6OS/c1-20-9-13-17-16-12(21-13)8-14-10-3-2-4-11(7-10)19-6-5-15-18-19/h2-7,14H,8-9H2,1H3. The third-order valence-corrected chi connectivity index (χ3v) is 3.65. The van der Waals surface area contributed by atoms with E-state index in [9.17, 15) is 0 Å². The summed E-state index contributed by atoms with van der Waals surface area (Å²) in [5.74, 6) is 0. The number of nitrogens with one attached hydrogen (secondary N) is 1. The largest absolute Gasteiger partial charge is 0.378 e. The van der Waals surface area contributed by atoms with E-state index in [0.29, 0.717) is 13.2 Å². The lowest BCUT2D eigenvalue weighted by molar-refractivity contribution is 0.184. The van der Waals surface area contributed by atoms with Gasteiger partial charge in [-0.25, -0.2) is 4.68 Å². The van der Waals surface area contributed by atoms with Crippen molar-refractivity contribution in [3.8, 4) is 5.69 Å². The van der Waals surface area contributed by atoms with E-state index in [-0.39, 0.29) is 0 Å². The molecule has 108 valence electrons. The number of rotatable bonds is 6. The molecule has 3 rings (SSSR count). The van der Waals surface area contributed by atoms with Gasteiger partial charge in [0.05, 0.1) is 31.2 Å². The summed E-state index contributed by atoms with van der Waals surface area (Å²) in [5, 5.41) is 21.1. The van der Waals surface area contributed by atoms with E-state index in [4.69, 9.17) is 4.74 Å². The molecule has 0 spiro atoms. The summed E-state index contributed by atoms with van der Waals surface area (Å²) in [6.45, 7) is 1.13. The molecule has 0 saturated heterocycles. The average Bonchev–Trinajstić information content (AvgIpc) is 3.18. The maximum absolute atomic E-state index is 5.03. The number of nitrogens with zero attached hydrogens (tertiary/aromatic N) is 5. The zero-order valence-electron chi connectivity index (χ0n) is 11.4. The van der Waals surface area contributed by atoms with Gasteiger partial charge in [0.2, 0.25) is 0 Å². The van der Waals surface area contributed by atoms with E-state index in [0.717, 1.165) is 21.4 Å². The van der Waals surface area contributed by atoms with Crippen LogP contribution < -0.4 is 5.32 Å². The number of aromatic nitrogens is 5. The van der Waals surface area contributed by atoms with Crippen LogP contribution in [0.4, 0.5) is 5.69 Å². The molecule has 8 heteroatoms. The van der Waals surface area contributed by atoms with Gasteiger partial charge in [-0.1, -0.05) is 22.6 Å². The van der Waals surface area contributed by atoms with Crippen molar-refractivity contribution < 1.29 is 4.74 Å². The molecular formula is C13H14N6OS. The summed E-state index contributed by atoms with van der Waals surface area (Å²) >= 11 is 1.54. The molecule has 0 fully saturated rings. The van der Waals surface area contributed by atoms with E-state index < -0.39 is 0 Å². The number of anilines is 1. The third kappa shape index (κ3) is 3.41. The van der Waals surface area contributed by atoms with Crippen LogP contribution in [-0.4, -0.2) is 32.3 Å². The lowest BCUT2D eigenvalue weighted by Gasteiger charge is -2.06. The first-order chi connectivity index (χ1) is 10.3. The minimum atomic E-state index is 0.499. The molecule has 2 aromatic heterocycles. The van der Waals surface area contributed by atoms with Gasteiger partial charge in [0.25, 0.3) is 0 Å². The SMILES string of the molecule is COCc1nnc(CNc2cccc(-n3ccnn3)c2)s1. The first-order valence-corrected chi connectivity index (χ1v) is 7.17. The fourth-order valence-electron chi connectivity index (χ4n) is 1.82. The van der Waals surface area contributed by atoms with E-state index in [1.165, 1.54) is 0 Å². The van der Waals surface area contributed by atoms with Crippen molar-refractivity contribution in [2.45, 2.75) is 13.2 Å². The molecule has 1 aromatic carbocycles. The Balaban J connectivity index is 1.66. The highest BCUT2D eigenvalue weighted by molar-refractivity contribution is 7.11. The lowest BCUT2D eigenvalue weighted by atomic mass is 10.3.